The molecule has 0 aliphatic carbocycles. The molecule has 1 amide bonds. The Morgan fingerprint density at radius 2 is 1.68 bits per heavy atom. The van der Waals surface area contributed by atoms with Gasteiger partial charge in [0.25, 0.3) is 0 Å². The Bertz CT molecular complexity index is 765. The Morgan fingerprint density at radius 1 is 1.00 bits per heavy atom. The number of nitrogens with one attached hydrogen (secondary N) is 1. The van der Waals surface area contributed by atoms with Crippen LogP contribution in [0, 0.1) is 13.8 Å². The van der Waals surface area contributed by atoms with Gasteiger partial charge >= 0.3 is 0 Å². The zero-order chi connectivity index (χ0) is 16.2. The number of hydrogen-bond donors (Lipinski definition) is 1. The predicted octanol–water partition coefficient (Wildman–Crippen LogP) is 2.86. The van der Waals surface area contributed by atoms with Gasteiger partial charge in [0.15, 0.2) is 9.84 Å². The highest BCUT2D eigenvalue weighted by molar-refractivity contribution is 7.91. The monoisotopic (exact) mass is 317 g/mol. The molecule has 0 bridgehead atoms. The second kappa shape index (κ2) is 6.75. The topological polar surface area (TPSA) is 63.2 Å². The maximum Gasteiger partial charge on any atom is 0.239 e. The quantitative estimate of drug-likeness (QED) is 0.922. The van der Waals surface area contributed by atoms with Gasteiger partial charge in [-0.3, -0.25) is 4.79 Å². The van der Waals surface area contributed by atoms with Gasteiger partial charge in [-0.2, -0.15) is 0 Å². The number of amides is 1. The molecule has 116 valence electrons. The van der Waals surface area contributed by atoms with Gasteiger partial charge in [0.2, 0.25) is 5.91 Å². The number of carbonyl (C=O) groups is 1. The molecule has 2 aromatic carbocycles. The normalized spacial score (nSPS) is 11.2. The molecule has 0 aliphatic rings. The minimum Gasteiger partial charge on any atom is -0.325 e. The van der Waals surface area contributed by atoms with E-state index in [1.165, 1.54) is 0 Å². The van der Waals surface area contributed by atoms with Gasteiger partial charge in [0.1, 0.15) is 5.75 Å². The SMILES string of the molecule is Cc1ccc(NC(=O)CS(=O)(=O)Cc2cccc(C)c2)cc1. The molecular formula is C17H19NO3S. The van der Waals surface area contributed by atoms with Crippen LogP contribution in [0.25, 0.3) is 0 Å². The fraction of sp³-hybridized carbons (Fsp3) is 0.235. The van der Waals surface area contributed by atoms with Crippen molar-refractivity contribution in [2.75, 3.05) is 11.1 Å². The van der Waals surface area contributed by atoms with Crippen molar-refractivity contribution in [1.29, 1.82) is 0 Å². The molecule has 22 heavy (non-hydrogen) atoms. The molecule has 4 nitrogen and oxygen atoms in total. The van der Waals surface area contributed by atoms with Crippen LogP contribution in [0.2, 0.25) is 0 Å². The second-order valence-corrected chi connectivity index (χ2v) is 7.50. The highest BCUT2D eigenvalue weighted by atomic mass is 32.2. The summed E-state index contributed by atoms with van der Waals surface area (Å²) in [5, 5.41) is 2.60. The summed E-state index contributed by atoms with van der Waals surface area (Å²) < 4.78 is 24.2. The van der Waals surface area contributed by atoms with Gasteiger partial charge in [-0.15, -0.1) is 0 Å². The minimum atomic E-state index is -3.49. The van der Waals surface area contributed by atoms with Crippen molar-refractivity contribution >= 4 is 21.4 Å². The van der Waals surface area contributed by atoms with Crippen LogP contribution >= 0.6 is 0 Å². The Labute approximate surface area is 131 Å². The number of sulfone groups is 1. The van der Waals surface area contributed by atoms with E-state index >= 15 is 0 Å². The van der Waals surface area contributed by atoms with E-state index < -0.39 is 21.5 Å². The van der Waals surface area contributed by atoms with E-state index in [0.717, 1.165) is 11.1 Å². The third-order valence-corrected chi connectivity index (χ3v) is 4.63. The number of rotatable bonds is 5. The van der Waals surface area contributed by atoms with Crippen LogP contribution in [0.3, 0.4) is 0 Å². The molecule has 0 fully saturated rings. The van der Waals surface area contributed by atoms with E-state index in [1.807, 2.05) is 44.2 Å². The Morgan fingerprint density at radius 3 is 2.32 bits per heavy atom. The first kappa shape index (κ1) is 16.2. The predicted molar refractivity (Wildman–Crippen MR) is 88.5 cm³/mol. The number of carbonyl (C=O) groups excluding carboxylic acids is 1. The summed E-state index contributed by atoms with van der Waals surface area (Å²) in [6, 6.07) is 14.5. The molecule has 0 saturated carbocycles. The average molecular weight is 317 g/mol. The number of anilines is 1. The Balaban J connectivity index is 1.99. The van der Waals surface area contributed by atoms with Crippen molar-refractivity contribution in [2.45, 2.75) is 19.6 Å². The van der Waals surface area contributed by atoms with E-state index in [-0.39, 0.29) is 5.75 Å². The van der Waals surface area contributed by atoms with Crippen LogP contribution in [-0.4, -0.2) is 20.1 Å². The smallest absolute Gasteiger partial charge is 0.239 e. The van der Waals surface area contributed by atoms with Crippen molar-refractivity contribution in [3.63, 3.8) is 0 Å². The Kier molecular flexibility index (Phi) is 4.98. The van der Waals surface area contributed by atoms with Crippen LogP contribution in [0.5, 0.6) is 0 Å². The lowest BCUT2D eigenvalue weighted by Gasteiger charge is -2.07. The van der Waals surface area contributed by atoms with Gasteiger partial charge in [0.05, 0.1) is 5.75 Å². The van der Waals surface area contributed by atoms with Gasteiger partial charge in [-0.25, -0.2) is 8.42 Å². The van der Waals surface area contributed by atoms with Crippen LogP contribution in [0.1, 0.15) is 16.7 Å². The molecule has 0 aliphatic heterocycles. The maximum absolute atomic E-state index is 12.1. The first-order valence-corrected chi connectivity index (χ1v) is 8.79. The lowest BCUT2D eigenvalue weighted by molar-refractivity contribution is -0.113. The molecule has 0 unspecified atom stereocenters. The van der Waals surface area contributed by atoms with Crippen LogP contribution in [0.4, 0.5) is 5.69 Å². The summed E-state index contributed by atoms with van der Waals surface area (Å²) in [4.78, 5) is 11.9. The van der Waals surface area contributed by atoms with Gasteiger partial charge in [0, 0.05) is 5.69 Å². The highest BCUT2D eigenvalue weighted by Gasteiger charge is 2.17. The first-order chi connectivity index (χ1) is 10.3. The molecule has 0 heterocycles. The Hall–Kier alpha value is -2.14. The summed E-state index contributed by atoms with van der Waals surface area (Å²) >= 11 is 0. The van der Waals surface area contributed by atoms with E-state index in [2.05, 4.69) is 5.32 Å². The molecule has 0 radical (unpaired) electrons. The fourth-order valence-corrected chi connectivity index (χ4v) is 3.40. The zero-order valence-electron chi connectivity index (χ0n) is 12.7. The average Bonchev–Trinajstić information content (AvgIpc) is 2.40. The minimum absolute atomic E-state index is 0.129. The zero-order valence-corrected chi connectivity index (χ0v) is 13.5. The van der Waals surface area contributed by atoms with E-state index in [4.69, 9.17) is 0 Å². The van der Waals surface area contributed by atoms with Crippen molar-refractivity contribution in [1.82, 2.24) is 0 Å². The molecule has 0 aromatic heterocycles. The highest BCUT2D eigenvalue weighted by Crippen LogP contribution is 2.11. The van der Waals surface area contributed by atoms with E-state index in [0.29, 0.717) is 11.3 Å². The summed E-state index contributed by atoms with van der Waals surface area (Å²) in [5.41, 5.74) is 3.37. The third kappa shape index (κ3) is 5.00. The van der Waals surface area contributed by atoms with E-state index in [9.17, 15) is 13.2 Å². The largest absolute Gasteiger partial charge is 0.325 e. The van der Waals surface area contributed by atoms with Crippen molar-refractivity contribution in [2.24, 2.45) is 0 Å². The van der Waals surface area contributed by atoms with Gasteiger partial charge < -0.3 is 5.32 Å². The fourth-order valence-electron chi connectivity index (χ4n) is 2.14. The molecule has 5 heteroatoms. The lowest BCUT2D eigenvalue weighted by Crippen LogP contribution is -2.23. The molecule has 0 spiro atoms. The van der Waals surface area contributed by atoms with Crippen LogP contribution in [-0.2, 0) is 20.4 Å². The maximum atomic E-state index is 12.1. The summed E-state index contributed by atoms with van der Waals surface area (Å²) in [6.07, 6.45) is 0. The van der Waals surface area contributed by atoms with Gasteiger partial charge in [-0.1, -0.05) is 47.5 Å². The molecule has 2 aromatic rings. The number of hydrogen-bond acceptors (Lipinski definition) is 3. The molecule has 1 N–H and O–H groups in total. The first-order valence-electron chi connectivity index (χ1n) is 6.96. The summed E-state index contributed by atoms with van der Waals surface area (Å²) in [7, 11) is -3.49. The molecule has 0 saturated heterocycles. The van der Waals surface area contributed by atoms with Crippen LogP contribution < -0.4 is 5.32 Å². The molecule has 2 rings (SSSR count). The van der Waals surface area contributed by atoms with E-state index in [1.54, 1.807) is 18.2 Å². The number of benzene rings is 2. The summed E-state index contributed by atoms with van der Waals surface area (Å²) in [6.45, 7) is 3.85. The standard InChI is InChI=1S/C17H19NO3S/c1-13-6-8-16(9-7-13)18-17(19)12-22(20,21)11-15-5-3-4-14(2)10-15/h3-10H,11-12H2,1-2H3,(H,18,19). The van der Waals surface area contributed by atoms with Crippen LogP contribution in [0.15, 0.2) is 48.5 Å². The molecular weight excluding hydrogens is 298 g/mol. The molecule has 0 atom stereocenters. The lowest BCUT2D eigenvalue weighted by atomic mass is 10.2. The second-order valence-electron chi connectivity index (χ2n) is 5.44. The number of aryl methyl sites for hydroxylation is 2. The van der Waals surface area contributed by atoms with Gasteiger partial charge in [-0.05, 0) is 31.5 Å². The summed E-state index contributed by atoms with van der Waals surface area (Å²) in [5.74, 6) is -1.17. The third-order valence-electron chi connectivity index (χ3n) is 3.16. The van der Waals surface area contributed by atoms with Crippen molar-refractivity contribution < 1.29 is 13.2 Å². The van der Waals surface area contributed by atoms with Crippen molar-refractivity contribution in [3.05, 3.63) is 65.2 Å². The van der Waals surface area contributed by atoms with Crippen molar-refractivity contribution in [3.8, 4) is 0 Å².